The molecular formula is C16H22N4. The standard InChI is InChI=1S/C16H22N4/c1-2-17-16(13-8-6-7-9-13)15-12-18-20(19-15)14-10-4-3-5-11-14/h3-5,10-13,16-17H,2,6-9H2,1H3. The quantitative estimate of drug-likeness (QED) is 0.907. The van der Waals surface area contributed by atoms with Crippen molar-refractivity contribution in [3.63, 3.8) is 0 Å². The topological polar surface area (TPSA) is 42.7 Å². The van der Waals surface area contributed by atoms with Crippen LogP contribution in [-0.4, -0.2) is 21.5 Å². The molecule has 1 N–H and O–H groups in total. The van der Waals surface area contributed by atoms with Crippen molar-refractivity contribution in [3.8, 4) is 5.69 Å². The number of hydrogen-bond acceptors (Lipinski definition) is 3. The van der Waals surface area contributed by atoms with Gasteiger partial charge in [-0.05, 0) is 37.4 Å². The van der Waals surface area contributed by atoms with Crippen LogP contribution in [0.5, 0.6) is 0 Å². The van der Waals surface area contributed by atoms with Gasteiger partial charge in [-0.3, -0.25) is 0 Å². The third-order valence-electron chi connectivity index (χ3n) is 4.11. The summed E-state index contributed by atoms with van der Waals surface area (Å²) in [7, 11) is 0. The number of para-hydroxylation sites is 1. The van der Waals surface area contributed by atoms with Crippen LogP contribution in [0.25, 0.3) is 5.69 Å². The molecule has 1 atom stereocenters. The maximum atomic E-state index is 4.69. The molecule has 1 saturated carbocycles. The van der Waals surface area contributed by atoms with Crippen LogP contribution >= 0.6 is 0 Å². The Kier molecular flexibility index (Phi) is 4.11. The zero-order chi connectivity index (χ0) is 13.8. The highest BCUT2D eigenvalue weighted by Crippen LogP contribution is 2.34. The Morgan fingerprint density at radius 2 is 2.00 bits per heavy atom. The van der Waals surface area contributed by atoms with Gasteiger partial charge in [-0.15, -0.1) is 0 Å². The van der Waals surface area contributed by atoms with E-state index in [1.165, 1.54) is 25.7 Å². The molecule has 1 fully saturated rings. The number of aromatic nitrogens is 3. The molecule has 106 valence electrons. The van der Waals surface area contributed by atoms with Gasteiger partial charge in [-0.2, -0.15) is 15.0 Å². The SMILES string of the molecule is CCNC(c1cnn(-c2ccccc2)n1)C1CCCC1. The molecule has 0 saturated heterocycles. The average molecular weight is 270 g/mol. The van der Waals surface area contributed by atoms with Crippen molar-refractivity contribution >= 4 is 0 Å². The molecule has 1 aromatic carbocycles. The fourth-order valence-electron chi connectivity index (χ4n) is 3.13. The molecule has 3 rings (SSSR count). The lowest BCUT2D eigenvalue weighted by atomic mass is 9.96. The Morgan fingerprint density at radius 1 is 1.25 bits per heavy atom. The number of rotatable bonds is 5. The van der Waals surface area contributed by atoms with Crippen molar-refractivity contribution in [1.82, 2.24) is 20.3 Å². The summed E-state index contributed by atoms with van der Waals surface area (Å²) in [5.41, 5.74) is 2.09. The predicted octanol–water partition coefficient (Wildman–Crippen LogP) is 3.11. The Bertz CT molecular complexity index is 528. The van der Waals surface area contributed by atoms with Crippen LogP contribution in [0.3, 0.4) is 0 Å². The van der Waals surface area contributed by atoms with Crippen LogP contribution in [0, 0.1) is 5.92 Å². The molecule has 1 aliphatic rings. The van der Waals surface area contributed by atoms with E-state index in [1.54, 1.807) is 4.80 Å². The van der Waals surface area contributed by atoms with E-state index in [2.05, 4.69) is 22.4 Å². The first-order chi connectivity index (χ1) is 9.88. The monoisotopic (exact) mass is 270 g/mol. The lowest BCUT2D eigenvalue weighted by Crippen LogP contribution is -2.27. The number of nitrogens with one attached hydrogen (secondary N) is 1. The summed E-state index contributed by atoms with van der Waals surface area (Å²) in [6, 6.07) is 10.4. The van der Waals surface area contributed by atoms with E-state index in [-0.39, 0.29) is 0 Å². The van der Waals surface area contributed by atoms with Gasteiger partial charge in [0.15, 0.2) is 0 Å². The van der Waals surface area contributed by atoms with Crippen molar-refractivity contribution in [1.29, 1.82) is 0 Å². The first-order valence-electron chi connectivity index (χ1n) is 7.59. The van der Waals surface area contributed by atoms with Gasteiger partial charge in [0.1, 0.15) is 5.69 Å². The highest BCUT2D eigenvalue weighted by molar-refractivity contribution is 5.28. The molecule has 4 nitrogen and oxygen atoms in total. The van der Waals surface area contributed by atoms with Crippen LogP contribution < -0.4 is 5.32 Å². The average Bonchev–Trinajstić information content (AvgIpc) is 3.17. The maximum Gasteiger partial charge on any atom is 0.100 e. The Labute approximate surface area is 120 Å². The van der Waals surface area contributed by atoms with Gasteiger partial charge in [0.25, 0.3) is 0 Å². The van der Waals surface area contributed by atoms with Crippen molar-refractivity contribution in [2.24, 2.45) is 5.92 Å². The third kappa shape index (κ3) is 2.75. The minimum Gasteiger partial charge on any atom is -0.309 e. The normalized spacial score (nSPS) is 17.4. The van der Waals surface area contributed by atoms with E-state index in [4.69, 9.17) is 0 Å². The summed E-state index contributed by atoms with van der Waals surface area (Å²) in [5, 5.41) is 12.7. The fraction of sp³-hybridized carbons (Fsp3) is 0.500. The molecular weight excluding hydrogens is 248 g/mol. The summed E-state index contributed by atoms with van der Waals surface area (Å²) in [6.45, 7) is 3.13. The summed E-state index contributed by atoms with van der Waals surface area (Å²) in [5.74, 6) is 0.705. The third-order valence-corrected chi connectivity index (χ3v) is 4.11. The second-order valence-electron chi connectivity index (χ2n) is 5.47. The molecule has 0 aliphatic heterocycles. The number of benzene rings is 1. The minimum absolute atomic E-state index is 0.347. The maximum absolute atomic E-state index is 4.69. The summed E-state index contributed by atoms with van der Waals surface area (Å²) >= 11 is 0. The van der Waals surface area contributed by atoms with Crippen LogP contribution in [0.15, 0.2) is 36.5 Å². The van der Waals surface area contributed by atoms with E-state index >= 15 is 0 Å². The molecule has 1 aromatic heterocycles. The van der Waals surface area contributed by atoms with Gasteiger partial charge >= 0.3 is 0 Å². The summed E-state index contributed by atoms with van der Waals surface area (Å²) in [6.07, 6.45) is 7.21. The van der Waals surface area contributed by atoms with E-state index in [0.717, 1.165) is 17.9 Å². The number of nitrogens with zero attached hydrogens (tertiary/aromatic N) is 3. The fourth-order valence-corrected chi connectivity index (χ4v) is 3.13. The Morgan fingerprint density at radius 3 is 2.70 bits per heavy atom. The van der Waals surface area contributed by atoms with Crippen LogP contribution in [0.2, 0.25) is 0 Å². The zero-order valence-electron chi connectivity index (χ0n) is 12.0. The molecule has 0 bridgehead atoms. The van der Waals surface area contributed by atoms with Gasteiger partial charge in [0.2, 0.25) is 0 Å². The first kappa shape index (κ1) is 13.3. The van der Waals surface area contributed by atoms with Crippen molar-refractivity contribution in [2.75, 3.05) is 6.54 Å². The van der Waals surface area contributed by atoms with Gasteiger partial charge in [0, 0.05) is 0 Å². The Hall–Kier alpha value is -1.68. The molecule has 1 aliphatic carbocycles. The highest BCUT2D eigenvalue weighted by Gasteiger charge is 2.27. The van der Waals surface area contributed by atoms with Gasteiger partial charge in [-0.25, -0.2) is 0 Å². The van der Waals surface area contributed by atoms with Crippen molar-refractivity contribution in [3.05, 3.63) is 42.2 Å². The van der Waals surface area contributed by atoms with Gasteiger partial charge in [0.05, 0.1) is 17.9 Å². The lowest BCUT2D eigenvalue weighted by Gasteiger charge is -2.21. The van der Waals surface area contributed by atoms with Crippen LogP contribution in [0.4, 0.5) is 0 Å². The van der Waals surface area contributed by atoms with Crippen LogP contribution in [-0.2, 0) is 0 Å². The molecule has 4 heteroatoms. The van der Waals surface area contributed by atoms with E-state index in [1.807, 2.05) is 36.5 Å². The molecule has 20 heavy (non-hydrogen) atoms. The predicted molar refractivity (Wildman–Crippen MR) is 79.7 cm³/mol. The van der Waals surface area contributed by atoms with Crippen molar-refractivity contribution < 1.29 is 0 Å². The zero-order valence-corrected chi connectivity index (χ0v) is 12.0. The molecule has 2 aromatic rings. The lowest BCUT2D eigenvalue weighted by molar-refractivity contribution is 0.366. The first-order valence-corrected chi connectivity index (χ1v) is 7.59. The van der Waals surface area contributed by atoms with E-state index in [0.29, 0.717) is 12.0 Å². The molecule has 0 spiro atoms. The molecule has 0 amide bonds. The smallest absolute Gasteiger partial charge is 0.100 e. The highest BCUT2D eigenvalue weighted by atomic mass is 15.5. The van der Waals surface area contributed by atoms with E-state index in [9.17, 15) is 0 Å². The second kappa shape index (κ2) is 6.18. The number of hydrogen-bond donors (Lipinski definition) is 1. The molecule has 0 radical (unpaired) electrons. The molecule has 1 unspecified atom stereocenters. The molecule has 1 heterocycles. The largest absolute Gasteiger partial charge is 0.309 e. The summed E-state index contributed by atoms with van der Waals surface area (Å²) < 4.78 is 0. The van der Waals surface area contributed by atoms with Crippen LogP contribution in [0.1, 0.15) is 44.3 Å². The van der Waals surface area contributed by atoms with Crippen molar-refractivity contribution in [2.45, 2.75) is 38.6 Å². The second-order valence-corrected chi connectivity index (χ2v) is 5.47. The van der Waals surface area contributed by atoms with Gasteiger partial charge < -0.3 is 5.32 Å². The summed E-state index contributed by atoms with van der Waals surface area (Å²) in [4.78, 5) is 1.73. The minimum atomic E-state index is 0.347. The van der Waals surface area contributed by atoms with E-state index < -0.39 is 0 Å². The Balaban J connectivity index is 1.83. The van der Waals surface area contributed by atoms with Gasteiger partial charge in [-0.1, -0.05) is 38.0 Å².